The van der Waals surface area contributed by atoms with Gasteiger partial charge in [-0.3, -0.25) is 9.48 Å². The maximum atomic E-state index is 11.7. The number of halogens is 1. The zero-order valence-corrected chi connectivity index (χ0v) is 9.71. The van der Waals surface area contributed by atoms with Crippen LogP contribution in [0.1, 0.15) is 13.0 Å². The van der Waals surface area contributed by atoms with Gasteiger partial charge in [0, 0.05) is 25.5 Å². The summed E-state index contributed by atoms with van der Waals surface area (Å²) in [4.78, 5) is 13.2. The van der Waals surface area contributed by atoms with Gasteiger partial charge in [-0.2, -0.15) is 5.10 Å². The number of nitrogens with zero attached hydrogens (tertiary/aromatic N) is 3. The Hall–Kier alpha value is -1.07. The number of aromatic nitrogens is 2. The highest BCUT2D eigenvalue weighted by molar-refractivity contribution is 6.30. The molecule has 1 saturated heterocycles. The Balaban J connectivity index is 2.08. The van der Waals surface area contributed by atoms with E-state index in [-0.39, 0.29) is 11.9 Å². The number of likely N-dealkylation sites (tertiary alicyclic amines) is 1. The second kappa shape index (κ2) is 4.43. The van der Waals surface area contributed by atoms with Crippen LogP contribution in [-0.2, 0) is 4.79 Å². The average Bonchev–Trinajstić information content (AvgIpc) is 2.84. The van der Waals surface area contributed by atoms with Crippen LogP contribution < -0.4 is 0 Å². The highest BCUT2D eigenvalue weighted by Crippen LogP contribution is 2.22. The van der Waals surface area contributed by atoms with Crippen LogP contribution in [-0.4, -0.2) is 50.3 Å². The molecule has 3 atom stereocenters. The van der Waals surface area contributed by atoms with Gasteiger partial charge in [-0.25, -0.2) is 0 Å². The van der Waals surface area contributed by atoms with E-state index in [9.17, 15) is 9.90 Å². The van der Waals surface area contributed by atoms with Crippen molar-refractivity contribution in [2.75, 3.05) is 13.1 Å². The van der Waals surface area contributed by atoms with E-state index in [0.717, 1.165) is 0 Å². The first-order valence-corrected chi connectivity index (χ1v) is 5.63. The largest absolute Gasteiger partial charge is 0.389 e. The van der Waals surface area contributed by atoms with Crippen molar-refractivity contribution < 1.29 is 9.90 Å². The van der Waals surface area contributed by atoms with Gasteiger partial charge < -0.3 is 10.0 Å². The number of amides is 1. The lowest BCUT2D eigenvalue weighted by atomic mass is 10.2. The fourth-order valence-electron chi connectivity index (χ4n) is 1.94. The molecule has 1 fully saturated rings. The molecule has 0 aliphatic carbocycles. The Morgan fingerprint density at radius 1 is 1.62 bits per heavy atom. The Kier molecular flexibility index (Phi) is 3.16. The lowest BCUT2D eigenvalue weighted by Gasteiger charge is -2.17. The van der Waals surface area contributed by atoms with E-state index in [1.807, 2.05) is 0 Å². The molecule has 0 bridgehead atoms. The van der Waals surface area contributed by atoms with Crippen LogP contribution in [0.2, 0.25) is 0 Å². The van der Waals surface area contributed by atoms with Crippen LogP contribution >= 0.6 is 11.6 Å². The van der Waals surface area contributed by atoms with Crippen LogP contribution in [0, 0.1) is 0 Å². The van der Waals surface area contributed by atoms with Crippen molar-refractivity contribution in [3.8, 4) is 0 Å². The summed E-state index contributed by atoms with van der Waals surface area (Å²) in [7, 11) is 0. The fourth-order valence-corrected chi connectivity index (χ4v) is 2.08. The lowest BCUT2D eigenvalue weighted by Crippen LogP contribution is -2.34. The molecule has 88 valence electrons. The zero-order valence-electron chi connectivity index (χ0n) is 8.95. The van der Waals surface area contributed by atoms with Gasteiger partial charge in [-0.1, -0.05) is 0 Å². The van der Waals surface area contributed by atoms with Crippen molar-refractivity contribution in [3.63, 3.8) is 0 Å². The normalized spacial score (nSPS) is 27.1. The molecule has 1 N–H and O–H groups in total. The molecule has 1 aromatic heterocycles. The van der Waals surface area contributed by atoms with Crippen LogP contribution in [0.5, 0.6) is 0 Å². The van der Waals surface area contributed by atoms with Crippen molar-refractivity contribution in [1.29, 1.82) is 0 Å². The Morgan fingerprint density at radius 3 is 2.94 bits per heavy atom. The summed E-state index contributed by atoms with van der Waals surface area (Å²) in [5.74, 6) is -0.143. The van der Waals surface area contributed by atoms with Crippen LogP contribution in [0.3, 0.4) is 0 Å². The van der Waals surface area contributed by atoms with Crippen molar-refractivity contribution in [1.82, 2.24) is 14.7 Å². The van der Waals surface area contributed by atoms with E-state index in [2.05, 4.69) is 5.10 Å². The topological polar surface area (TPSA) is 58.4 Å². The second-order valence-electron chi connectivity index (χ2n) is 3.98. The molecule has 16 heavy (non-hydrogen) atoms. The molecule has 0 spiro atoms. The summed E-state index contributed by atoms with van der Waals surface area (Å²) in [5.41, 5.74) is 0. The number of hydrogen-bond acceptors (Lipinski definition) is 3. The summed E-state index contributed by atoms with van der Waals surface area (Å²) >= 11 is 5.73. The molecule has 1 aliphatic heterocycles. The first-order chi connectivity index (χ1) is 7.59. The monoisotopic (exact) mass is 243 g/mol. The van der Waals surface area contributed by atoms with Gasteiger partial charge in [-0.15, -0.1) is 11.6 Å². The summed E-state index contributed by atoms with van der Waals surface area (Å²) in [6, 6.07) is 1.62. The SMILES string of the molecule is C[C@H](Cl)C(=O)N1C[C@@H](n2cccn2)[C@@H](O)C1. The van der Waals surface area contributed by atoms with Crippen LogP contribution in [0.4, 0.5) is 0 Å². The molecule has 1 aromatic rings. The molecule has 5 nitrogen and oxygen atoms in total. The zero-order chi connectivity index (χ0) is 11.7. The fraction of sp³-hybridized carbons (Fsp3) is 0.600. The van der Waals surface area contributed by atoms with Gasteiger partial charge in [0.15, 0.2) is 0 Å². The molecule has 0 radical (unpaired) electrons. The molecule has 0 aromatic carbocycles. The number of hydrogen-bond donors (Lipinski definition) is 1. The molecular weight excluding hydrogens is 230 g/mol. The minimum atomic E-state index is -0.584. The number of aliphatic hydroxyl groups is 1. The number of alkyl halides is 1. The van der Waals surface area contributed by atoms with E-state index in [1.165, 1.54) is 0 Å². The highest BCUT2D eigenvalue weighted by atomic mass is 35.5. The molecule has 2 rings (SSSR count). The number of rotatable bonds is 2. The van der Waals surface area contributed by atoms with Gasteiger partial charge in [0.1, 0.15) is 5.38 Å². The third-order valence-electron chi connectivity index (χ3n) is 2.78. The number of β-amino-alcohol motifs (C(OH)–C–C–N with tert-alkyl or cyclic N) is 1. The van der Waals surface area contributed by atoms with Gasteiger partial charge in [0.05, 0.1) is 12.1 Å². The van der Waals surface area contributed by atoms with Crippen molar-refractivity contribution in [2.24, 2.45) is 0 Å². The molecule has 2 heterocycles. The summed E-state index contributed by atoms with van der Waals surface area (Å²) in [5, 5.41) is 13.4. The lowest BCUT2D eigenvalue weighted by molar-refractivity contribution is -0.129. The summed E-state index contributed by atoms with van der Waals surface area (Å²) in [6.45, 7) is 2.41. The van der Waals surface area contributed by atoms with Gasteiger partial charge in [0.25, 0.3) is 0 Å². The van der Waals surface area contributed by atoms with Gasteiger partial charge in [0.2, 0.25) is 5.91 Å². The van der Waals surface area contributed by atoms with Crippen molar-refractivity contribution in [2.45, 2.75) is 24.4 Å². The maximum absolute atomic E-state index is 11.7. The number of carbonyl (C=O) groups is 1. The van der Waals surface area contributed by atoms with E-state index in [4.69, 9.17) is 11.6 Å². The van der Waals surface area contributed by atoms with E-state index in [0.29, 0.717) is 13.1 Å². The van der Waals surface area contributed by atoms with Gasteiger partial charge >= 0.3 is 0 Å². The molecule has 0 saturated carbocycles. The molecular formula is C10H14ClN3O2. The second-order valence-corrected chi connectivity index (χ2v) is 4.63. The Labute approximate surface area is 98.6 Å². The van der Waals surface area contributed by atoms with E-state index in [1.54, 1.807) is 35.0 Å². The molecule has 1 amide bonds. The maximum Gasteiger partial charge on any atom is 0.240 e. The standard InChI is InChI=1S/C10H14ClN3O2/c1-7(11)10(16)13-5-8(9(15)6-13)14-4-2-3-12-14/h2-4,7-9,15H,5-6H2,1H3/t7-,8+,9-/m0/s1. The first-order valence-electron chi connectivity index (χ1n) is 5.19. The van der Waals surface area contributed by atoms with E-state index >= 15 is 0 Å². The number of carbonyl (C=O) groups excluding carboxylic acids is 1. The first kappa shape index (κ1) is 11.4. The van der Waals surface area contributed by atoms with Crippen LogP contribution in [0.15, 0.2) is 18.5 Å². The minimum absolute atomic E-state index is 0.143. The highest BCUT2D eigenvalue weighted by Gasteiger charge is 2.36. The predicted molar refractivity (Wildman–Crippen MR) is 59.2 cm³/mol. The third kappa shape index (κ3) is 2.05. The van der Waals surface area contributed by atoms with Crippen LogP contribution in [0.25, 0.3) is 0 Å². The summed E-state index contributed by atoms with van der Waals surface area (Å²) in [6.07, 6.45) is 2.85. The van der Waals surface area contributed by atoms with E-state index < -0.39 is 11.5 Å². The predicted octanol–water partition coefficient (Wildman–Crippen LogP) is 0.255. The quantitative estimate of drug-likeness (QED) is 0.758. The van der Waals surface area contributed by atoms with Crippen molar-refractivity contribution >= 4 is 17.5 Å². The van der Waals surface area contributed by atoms with Crippen molar-refractivity contribution in [3.05, 3.63) is 18.5 Å². The number of aliphatic hydroxyl groups excluding tert-OH is 1. The molecule has 6 heteroatoms. The molecule has 0 unspecified atom stereocenters. The smallest absolute Gasteiger partial charge is 0.240 e. The Morgan fingerprint density at radius 2 is 2.38 bits per heavy atom. The molecule has 1 aliphatic rings. The Bertz CT molecular complexity index is 366. The third-order valence-corrected chi connectivity index (χ3v) is 2.96. The summed E-state index contributed by atoms with van der Waals surface area (Å²) < 4.78 is 1.68. The van der Waals surface area contributed by atoms with Gasteiger partial charge in [-0.05, 0) is 13.0 Å². The minimum Gasteiger partial charge on any atom is -0.389 e. The average molecular weight is 244 g/mol.